The van der Waals surface area contributed by atoms with Gasteiger partial charge in [-0.25, -0.2) is 0 Å². The smallest absolute Gasteiger partial charge is 0.223 e. The fourth-order valence-corrected chi connectivity index (χ4v) is 2.60. The third-order valence-electron chi connectivity index (χ3n) is 3.88. The van der Waals surface area contributed by atoms with Crippen molar-refractivity contribution in [1.82, 2.24) is 14.7 Å². The summed E-state index contributed by atoms with van der Waals surface area (Å²) in [6.07, 6.45) is 3.10. The minimum atomic E-state index is 0.207. The van der Waals surface area contributed by atoms with Crippen LogP contribution in [0.3, 0.4) is 0 Å². The summed E-state index contributed by atoms with van der Waals surface area (Å²) in [6.45, 7) is 2.20. The Kier molecular flexibility index (Phi) is 3.90. The number of aromatic nitrogens is 2. The van der Waals surface area contributed by atoms with Crippen molar-refractivity contribution in [3.63, 3.8) is 0 Å². The highest BCUT2D eigenvalue weighted by atomic mass is 16.5. The highest BCUT2D eigenvalue weighted by Crippen LogP contribution is 2.15. The van der Waals surface area contributed by atoms with Gasteiger partial charge in [0, 0.05) is 19.2 Å². The molecule has 5 heteroatoms. The molecule has 5 nitrogen and oxygen atoms in total. The molecule has 0 radical (unpaired) electrons. The van der Waals surface area contributed by atoms with Crippen molar-refractivity contribution in [2.45, 2.75) is 25.9 Å². The molecule has 1 amide bonds. The van der Waals surface area contributed by atoms with E-state index in [1.807, 2.05) is 39.9 Å². The number of amides is 1. The Balaban J connectivity index is 1.54. The maximum atomic E-state index is 12.3. The van der Waals surface area contributed by atoms with Gasteiger partial charge in [-0.3, -0.25) is 9.48 Å². The lowest BCUT2D eigenvalue weighted by atomic mass is 10.1. The first-order chi connectivity index (χ1) is 10.3. The van der Waals surface area contributed by atoms with Crippen LogP contribution in [0, 0.1) is 0 Å². The first-order valence-corrected chi connectivity index (χ1v) is 7.17. The predicted molar refractivity (Wildman–Crippen MR) is 79.0 cm³/mol. The summed E-state index contributed by atoms with van der Waals surface area (Å²) in [4.78, 5) is 14.2. The quantitative estimate of drug-likeness (QED) is 0.861. The first-order valence-electron chi connectivity index (χ1n) is 7.17. The van der Waals surface area contributed by atoms with Gasteiger partial charge in [-0.05, 0) is 30.2 Å². The molecule has 1 aromatic carbocycles. The van der Waals surface area contributed by atoms with Gasteiger partial charge in [-0.2, -0.15) is 5.10 Å². The molecule has 3 rings (SSSR count). The third kappa shape index (κ3) is 3.07. The summed E-state index contributed by atoms with van der Waals surface area (Å²) in [5.74, 6) is 1.05. The summed E-state index contributed by atoms with van der Waals surface area (Å²) in [7, 11) is 1.65. The van der Waals surface area contributed by atoms with E-state index in [1.165, 1.54) is 0 Å². The summed E-state index contributed by atoms with van der Waals surface area (Å²) >= 11 is 0. The van der Waals surface area contributed by atoms with E-state index in [1.54, 1.807) is 13.3 Å². The molecule has 0 spiro atoms. The number of carbonyl (C=O) groups is 1. The number of fused-ring (bicyclic) bond motifs is 1. The number of aryl methyl sites for hydroxylation is 1. The fourth-order valence-electron chi connectivity index (χ4n) is 2.60. The zero-order chi connectivity index (χ0) is 14.7. The first kappa shape index (κ1) is 13.7. The number of benzene rings is 1. The number of hydrogen-bond acceptors (Lipinski definition) is 3. The number of hydrogen-bond donors (Lipinski definition) is 0. The van der Waals surface area contributed by atoms with E-state index in [9.17, 15) is 4.79 Å². The van der Waals surface area contributed by atoms with Crippen LogP contribution < -0.4 is 4.74 Å². The number of ether oxygens (including phenoxy) is 1. The van der Waals surface area contributed by atoms with Crippen LogP contribution in [-0.2, 0) is 24.3 Å². The van der Waals surface area contributed by atoms with Crippen LogP contribution in [0.25, 0.3) is 0 Å². The van der Waals surface area contributed by atoms with E-state index in [2.05, 4.69) is 5.10 Å². The van der Waals surface area contributed by atoms with Gasteiger partial charge < -0.3 is 9.64 Å². The van der Waals surface area contributed by atoms with Crippen LogP contribution in [0.15, 0.2) is 36.5 Å². The van der Waals surface area contributed by atoms with E-state index in [0.717, 1.165) is 36.5 Å². The normalized spacial score (nSPS) is 13.9. The van der Waals surface area contributed by atoms with Crippen molar-refractivity contribution < 1.29 is 9.53 Å². The molecule has 0 fully saturated rings. The van der Waals surface area contributed by atoms with Gasteiger partial charge in [0.15, 0.2) is 0 Å². The molecule has 21 heavy (non-hydrogen) atoms. The van der Waals surface area contributed by atoms with Crippen molar-refractivity contribution in [3.05, 3.63) is 47.8 Å². The van der Waals surface area contributed by atoms with Gasteiger partial charge in [0.05, 0.1) is 25.9 Å². The molecule has 0 bridgehead atoms. The summed E-state index contributed by atoms with van der Waals surface area (Å²) in [5, 5.41) is 4.23. The Morgan fingerprint density at radius 2 is 2.05 bits per heavy atom. The maximum absolute atomic E-state index is 12.3. The van der Waals surface area contributed by atoms with Gasteiger partial charge in [0.1, 0.15) is 5.75 Å². The molecule has 1 aliphatic rings. The van der Waals surface area contributed by atoms with Crippen LogP contribution in [0.1, 0.15) is 17.7 Å². The van der Waals surface area contributed by atoms with Crippen molar-refractivity contribution in [2.24, 2.45) is 0 Å². The second-order valence-corrected chi connectivity index (χ2v) is 5.21. The van der Waals surface area contributed by atoms with Crippen LogP contribution >= 0.6 is 0 Å². The fraction of sp³-hybridized carbons (Fsp3) is 0.375. The topological polar surface area (TPSA) is 47.4 Å². The molecule has 0 atom stereocenters. The molecular weight excluding hydrogens is 266 g/mol. The molecule has 2 heterocycles. The number of nitrogens with zero attached hydrogens (tertiary/aromatic N) is 3. The second kappa shape index (κ2) is 5.99. The molecule has 0 saturated carbocycles. The lowest BCUT2D eigenvalue weighted by Crippen LogP contribution is -2.38. The van der Waals surface area contributed by atoms with Crippen LogP contribution in [-0.4, -0.2) is 34.2 Å². The van der Waals surface area contributed by atoms with Crippen molar-refractivity contribution in [3.8, 4) is 5.75 Å². The van der Waals surface area contributed by atoms with Crippen molar-refractivity contribution in [2.75, 3.05) is 13.7 Å². The summed E-state index contributed by atoms with van der Waals surface area (Å²) in [5.41, 5.74) is 2.27. The SMILES string of the molecule is COc1ccc(CCC(=O)N2CCn3nccc3C2)cc1. The Morgan fingerprint density at radius 1 is 1.24 bits per heavy atom. The van der Waals surface area contributed by atoms with E-state index in [-0.39, 0.29) is 5.91 Å². The molecule has 0 N–H and O–H groups in total. The highest BCUT2D eigenvalue weighted by molar-refractivity contribution is 5.76. The van der Waals surface area contributed by atoms with Crippen molar-refractivity contribution >= 4 is 5.91 Å². The van der Waals surface area contributed by atoms with E-state index >= 15 is 0 Å². The zero-order valence-corrected chi connectivity index (χ0v) is 12.2. The largest absolute Gasteiger partial charge is 0.497 e. The molecule has 1 aromatic heterocycles. The molecule has 110 valence electrons. The predicted octanol–water partition coefficient (Wildman–Crippen LogP) is 1.87. The van der Waals surface area contributed by atoms with E-state index in [4.69, 9.17) is 4.74 Å². The number of carbonyl (C=O) groups excluding carboxylic acids is 1. The molecule has 2 aromatic rings. The lowest BCUT2D eigenvalue weighted by molar-refractivity contribution is -0.132. The minimum absolute atomic E-state index is 0.207. The van der Waals surface area contributed by atoms with Crippen LogP contribution in [0.4, 0.5) is 0 Å². The highest BCUT2D eigenvalue weighted by Gasteiger charge is 2.20. The number of rotatable bonds is 4. The van der Waals surface area contributed by atoms with E-state index < -0.39 is 0 Å². The van der Waals surface area contributed by atoms with Crippen LogP contribution in [0.5, 0.6) is 5.75 Å². The van der Waals surface area contributed by atoms with Gasteiger partial charge in [0.2, 0.25) is 5.91 Å². The van der Waals surface area contributed by atoms with Gasteiger partial charge in [-0.15, -0.1) is 0 Å². The minimum Gasteiger partial charge on any atom is -0.497 e. The van der Waals surface area contributed by atoms with Crippen molar-refractivity contribution in [1.29, 1.82) is 0 Å². The molecule has 0 saturated heterocycles. The lowest BCUT2D eigenvalue weighted by Gasteiger charge is -2.27. The zero-order valence-electron chi connectivity index (χ0n) is 12.2. The Labute approximate surface area is 124 Å². The summed E-state index contributed by atoms with van der Waals surface area (Å²) in [6, 6.07) is 9.86. The maximum Gasteiger partial charge on any atom is 0.223 e. The van der Waals surface area contributed by atoms with Crippen LogP contribution in [0.2, 0.25) is 0 Å². The molecule has 1 aliphatic heterocycles. The van der Waals surface area contributed by atoms with Gasteiger partial charge in [0.25, 0.3) is 0 Å². The average molecular weight is 285 g/mol. The van der Waals surface area contributed by atoms with Gasteiger partial charge >= 0.3 is 0 Å². The molecule has 0 unspecified atom stereocenters. The Morgan fingerprint density at radius 3 is 2.81 bits per heavy atom. The molecular formula is C16H19N3O2. The summed E-state index contributed by atoms with van der Waals surface area (Å²) < 4.78 is 7.10. The monoisotopic (exact) mass is 285 g/mol. The standard InChI is InChI=1S/C16H19N3O2/c1-21-15-5-2-13(3-6-15)4-7-16(20)18-10-11-19-14(12-18)8-9-17-19/h2-3,5-6,8-9H,4,7,10-12H2,1H3. The molecule has 0 aliphatic carbocycles. The van der Waals surface area contributed by atoms with Gasteiger partial charge in [-0.1, -0.05) is 12.1 Å². The Bertz CT molecular complexity index is 619. The van der Waals surface area contributed by atoms with E-state index in [0.29, 0.717) is 13.0 Å². The average Bonchev–Trinajstić information content (AvgIpc) is 3.00. The third-order valence-corrected chi connectivity index (χ3v) is 3.88. The Hall–Kier alpha value is -2.30. The second-order valence-electron chi connectivity index (χ2n) is 5.21. The number of methoxy groups -OCH3 is 1.